The van der Waals surface area contributed by atoms with E-state index in [1.54, 1.807) is 0 Å². The van der Waals surface area contributed by atoms with E-state index in [-0.39, 0.29) is 0 Å². The maximum Gasteiger partial charge on any atom is 0.258 e. The Morgan fingerprint density at radius 1 is 1.05 bits per heavy atom. The number of rotatable bonds is 9. The van der Waals surface area contributed by atoms with Gasteiger partial charge in [0, 0.05) is 0 Å². The maximum absolute atomic E-state index is 11.3. The van der Waals surface area contributed by atoms with E-state index in [2.05, 4.69) is 48.5 Å². The van der Waals surface area contributed by atoms with Crippen LogP contribution in [0.15, 0.2) is 11.8 Å². The minimum Gasteiger partial charge on any atom is -0.541 e. The van der Waals surface area contributed by atoms with Gasteiger partial charge in [-0.15, -0.1) is 0 Å². The van der Waals surface area contributed by atoms with Crippen molar-refractivity contribution < 1.29 is 9.22 Å². The number of unbranched alkanes of at least 4 members (excludes halogenated alkanes) is 2. The van der Waals surface area contributed by atoms with Crippen molar-refractivity contribution in [1.29, 1.82) is 0 Å². The predicted molar refractivity (Wildman–Crippen MR) is 85.8 cm³/mol. The molecule has 0 bridgehead atoms. The zero-order chi connectivity index (χ0) is 15.1. The van der Waals surface area contributed by atoms with E-state index in [0.29, 0.717) is 22.4 Å². The zero-order valence-electron chi connectivity index (χ0n) is 13.8. The zero-order valence-corrected chi connectivity index (χ0v) is 14.8. The van der Waals surface area contributed by atoms with Crippen molar-refractivity contribution >= 4 is 14.6 Å². The molecule has 0 heterocycles. The second kappa shape index (κ2) is 8.57. The van der Waals surface area contributed by atoms with Crippen LogP contribution in [0.2, 0.25) is 16.6 Å². The van der Waals surface area contributed by atoms with Gasteiger partial charge in [0.25, 0.3) is 8.32 Å². The van der Waals surface area contributed by atoms with Gasteiger partial charge in [-0.1, -0.05) is 54.9 Å². The molecule has 0 aliphatic rings. The second-order valence-corrected chi connectivity index (χ2v) is 11.7. The van der Waals surface area contributed by atoms with Crippen molar-refractivity contribution in [3.05, 3.63) is 11.8 Å². The summed E-state index contributed by atoms with van der Waals surface area (Å²) in [6.45, 7) is 15.6. The highest BCUT2D eigenvalue weighted by molar-refractivity contribution is 6.78. The van der Waals surface area contributed by atoms with Gasteiger partial charge in [-0.25, -0.2) is 0 Å². The Bertz CT molecular complexity index is 271. The van der Waals surface area contributed by atoms with Crippen molar-refractivity contribution in [3.8, 4) is 0 Å². The van der Waals surface area contributed by atoms with E-state index >= 15 is 0 Å². The highest BCUT2D eigenvalue weighted by atomic mass is 28.4. The standard InChI is InChI=1S/C16H32O2Si/c1-8-9-10-11-16(12-17)18-19(13(2)3,14(4)5)15(6)7/h11-15H,8-10H2,1-7H3/b16-11-. The normalized spacial score (nSPS) is 13.5. The number of allylic oxidation sites excluding steroid dienone is 2. The molecule has 0 spiro atoms. The molecule has 0 aromatic heterocycles. The number of carbonyl (C=O) groups is 1. The molecule has 0 aromatic rings. The summed E-state index contributed by atoms with van der Waals surface area (Å²) in [6, 6.07) is 0. The predicted octanol–water partition coefficient (Wildman–Crippen LogP) is 5.45. The third-order valence-corrected chi connectivity index (χ3v) is 10.0. The van der Waals surface area contributed by atoms with Crippen LogP contribution >= 0.6 is 0 Å². The molecule has 0 aliphatic carbocycles. The average molecular weight is 285 g/mol. The largest absolute Gasteiger partial charge is 0.541 e. The molecule has 0 atom stereocenters. The summed E-state index contributed by atoms with van der Waals surface area (Å²) in [5.41, 5.74) is 1.51. The fourth-order valence-corrected chi connectivity index (χ4v) is 8.37. The molecule has 0 saturated carbocycles. The molecule has 0 radical (unpaired) electrons. The summed E-state index contributed by atoms with van der Waals surface area (Å²) in [5, 5.41) is 0. The highest BCUT2D eigenvalue weighted by Gasteiger charge is 2.47. The Kier molecular flexibility index (Phi) is 8.31. The van der Waals surface area contributed by atoms with Gasteiger partial charge in [0.1, 0.15) is 5.76 Å². The Morgan fingerprint density at radius 2 is 1.53 bits per heavy atom. The lowest BCUT2D eigenvalue weighted by atomic mass is 10.2. The summed E-state index contributed by atoms with van der Waals surface area (Å²) >= 11 is 0. The highest BCUT2D eigenvalue weighted by Crippen LogP contribution is 2.43. The van der Waals surface area contributed by atoms with E-state index in [1.807, 2.05) is 6.08 Å². The van der Waals surface area contributed by atoms with Crippen LogP contribution in [-0.2, 0) is 9.22 Å². The molecule has 3 heteroatoms. The second-order valence-electron chi connectivity index (χ2n) is 6.29. The molecular formula is C16H32O2Si. The summed E-state index contributed by atoms with van der Waals surface area (Å²) in [6.07, 6.45) is 6.06. The Hall–Kier alpha value is -0.573. The van der Waals surface area contributed by atoms with Gasteiger partial charge in [-0.05, 0) is 35.5 Å². The van der Waals surface area contributed by atoms with Gasteiger partial charge in [-0.3, -0.25) is 4.79 Å². The molecule has 0 saturated heterocycles. The first-order valence-corrected chi connectivity index (χ1v) is 9.81. The molecule has 0 aliphatic heterocycles. The lowest BCUT2D eigenvalue weighted by Gasteiger charge is -2.42. The maximum atomic E-state index is 11.3. The molecule has 0 amide bonds. The lowest BCUT2D eigenvalue weighted by molar-refractivity contribution is -0.106. The number of hydrogen-bond donors (Lipinski definition) is 0. The van der Waals surface area contributed by atoms with Crippen LogP contribution in [0.5, 0.6) is 0 Å². The van der Waals surface area contributed by atoms with Crippen molar-refractivity contribution in [3.63, 3.8) is 0 Å². The third kappa shape index (κ3) is 4.79. The first-order valence-electron chi connectivity index (χ1n) is 7.67. The summed E-state index contributed by atoms with van der Waals surface area (Å²) in [7, 11) is -1.97. The van der Waals surface area contributed by atoms with Gasteiger partial charge >= 0.3 is 0 Å². The average Bonchev–Trinajstić information content (AvgIpc) is 2.32. The molecule has 19 heavy (non-hydrogen) atoms. The first kappa shape index (κ1) is 18.4. The van der Waals surface area contributed by atoms with Gasteiger partial charge in [0.15, 0.2) is 6.29 Å². The molecule has 0 N–H and O–H groups in total. The van der Waals surface area contributed by atoms with E-state index in [1.165, 1.54) is 0 Å². The van der Waals surface area contributed by atoms with Gasteiger partial charge in [-0.2, -0.15) is 0 Å². The molecule has 112 valence electrons. The van der Waals surface area contributed by atoms with Crippen molar-refractivity contribution in [2.45, 2.75) is 84.4 Å². The Morgan fingerprint density at radius 3 is 1.84 bits per heavy atom. The van der Waals surface area contributed by atoms with E-state index in [4.69, 9.17) is 4.43 Å². The van der Waals surface area contributed by atoms with Gasteiger partial charge in [0.05, 0.1) is 0 Å². The van der Waals surface area contributed by atoms with Gasteiger partial charge < -0.3 is 4.43 Å². The van der Waals surface area contributed by atoms with Crippen LogP contribution in [0.25, 0.3) is 0 Å². The van der Waals surface area contributed by atoms with Crippen LogP contribution in [0.3, 0.4) is 0 Å². The third-order valence-electron chi connectivity index (χ3n) is 4.02. The summed E-state index contributed by atoms with van der Waals surface area (Å²) in [4.78, 5) is 11.3. The van der Waals surface area contributed by atoms with Crippen molar-refractivity contribution in [1.82, 2.24) is 0 Å². The first-order chi connectivity index (χ1) is 8.82. The molecule has 2 nitrogen and oxygen atoms in total. The van der Waals surface area contributed by atoms with Crippen LogP contribution in [-0.4, -0.2) is 14.6 Å². The Labute approximate surface area is 120 Å². The molecule has 0 rings (SSSR count). The minimum atomic E-state index is -1.97. The lowest BCUT2D eigenvalue weighted by Crippen LogP contribution is -2.47. The SMILES string of the molecule is CCCC/C=C(/C=O)O[Si](C(C)C)(C(C)C)C(C)C. The number of hydrogen-bond acceptors (Lipinski definition) is 2. The molecule has 0 aromatic carbocycles. The molecule has 0 fully saturated rings. The van der Waals surface area contributed by atoms with Crippen LogP contribution in [0, 0.1) is 0 Å². The van der Waals surface area contributed by atoms with Crippen LogP contribution < -0.4 is 0 Å². The van der Waals surface area contributed by atoms with Crippen molar-refractivity contribution in [2.75, 3.05) is 0 Å². The van der Waals surface area contributed by atoms with Crippen LogP contribution in [0.4, 0.5) is 0 Å². The number of carbonyl (C=O) groups excluding carboxylic acids is 1. The van der Waals surface area contributed by atoms with Crippen LogP contribution in [0.1, 0.15) is 67.7 Å². The summed E-state index contributed by atoms with van der Waals surface area (Å²) < 4.78 is 6.35. The van der Waals surface area contributed by atoms with Gasteiger partial charge in [0.2, 0.25) is 0 Å². The molecule has 0 unspecified atom stereocenters. The van der Waals surface area contributed by atoms with Crippen molar-refractivity contribution in [2.24, 2.45) is 0 Å². The van der Waals surface area contributed by atoms with E-state index in [9.17, 15) is 4.79 Å². The summed E-state index contributed by atoms with van der Waals surface area (Å²) in [5.74, 6) is 0.566. The molecular weight excluding hydrogens is 252 g/mol. The quantitative estimate of drug-likeness (QED) is 0.185. The fourth-order valence-electron chi connectivity index (χ4n) is 3.12. The number of aldehydes is 1. The van der Waals surface area contributed by atoms with E-state index in [0.717, 1.165) is 25.5 Å². The topological polar surface area (TPSA) is 26.3 Å². The van der Waals surface area contributed by atoms with E-state index < -0.39 is 8.32 Å². The monoisotopic (exact) mass is 284 g/mol. The minimum absolute atomic E-state index is 0.502. The smallest absolute Gasteiger partial charge is 0.258 e. The fraction of sp³-hybridized carbons (Fsp3) is 0.812. The Balaban J connectivity index is 5.18.